The van der Waals surface area contributed by atoms with Crippen LogP contribution in [0.25, 0.3) is 6.08 Å². The lowest BCUT2D eigenvalue weighted by Crippen LogP contribution is -2.31. The number of benzene rings is 2. The van der Waals surface area contributed by atoms with Crippen LogP contribution in [0, 0.1) is 0 Å². The van der Waals surface area contributed by atoms with E-state index in [0.717, 1.165) is 24.8 Å². The molecule has 0 aliphatic carbocycles. The van der Waals surface area contributed by atoms with Crippen LogP contribution in [0.3, 0.4) is 0 Å². The molecule has 0 saturated carbocycles. The van der Waals surface area contributed by atoms with Crippen molar-refractivity contribution in [1.82, 2.24) is 10.8 Å². The zero-order valence-electron chi connectivity index (χ0n) is 15.9. The van der Waals surface area contributed by atoms with Gasteiger partial charge in [0.1, 0.15) is 5.75 Å². The van der Waals surface area contributed by atoms with Crippen LogP contribution in [0.4, 0.5) is 0 Å². The fraction of sp³-hybridized carbons (Fsp3) is 0.273. The van der Waals surface area contributed by atoms with Gasteiger partial charge in [-0.2, -0.15) is 0 Å². The van der Waals surface area contributed by atoms with Crippen molar-refractivity contribution in [3.8, 4) is 5.75 Å². The molecule has 0 fully saturated rings. The van der Waals surface area contributed by atoms with Crippen molar-refractivity contribution in [1.29, 1.82) is 0 Å². The van der Waals surface area contributed by atoms with Crippen LogP contribution in [-0.2, 0) is 4.79 Å². The highest BCUT2D eigenvalue weighted by Crippen LogP contribution is 2.13. The molecule has 0 heterocycles. The lowest BCUT2D eigenvalue weighted by Gasteiger charge is -2.12. The summed E-state index contributed by atoms with van der Waals surface area (Å²) in [7, 11) is 0. The maximum Gasteiger partial charge on any atom is 0.274 e. The van der Waals surface area contributed by atoms with Crippen LogP contribution < -0.4 is 15.5 Å². The quantitative estimate of drug-likeness (QED) is 0.254. The Morgan fingerprint density at radius 1 is 1.07 bits per heavy atom. The van der Waals surface area contributed by atoms with E-state index in [1.807, 2.05) is 37.3 Å². The SMILES string of the molecule is C[C@H](CCCCOc1ccc(C(=O)NO)cc1)NC(=O)/C=C/c1ccccc1. The van der Waals surface area contributed by atoms with Crippen molar-refractivity contribution in [2.24, 2.45) is 0 Å². The molecule has 0 unspecified atom stereocenters. The number of hydrogen-bond donors (Lipinski definition) is 3. The van der Waals surface area contributed by atoms with Crippen molar-refractivity contribution in [2.45, 2.75) is 32.2 Å². The van der Waals surface area contributed by atoms with Gasteiger partial charge < -0.3 is 10.1 Å². The van der Waals surface area contributed by atoms with E-state index >= 15 is 0 Å². The molecule has 6 nitrogen and oxygen atoms in total. The molecule has 0 aromatic heterocycles. The topological polar surface area (TPSA) is 87.7 Å². The molecule has 2 aromatic carbocycles. The highest BCUT2D eigenvalue weighted by molar-refractivity contribution is 5.93. The molecule has 1 atom stereocenters. The highest BCUT2D eigenvalue weighted by atomic mass is 16.5. The van der Waals surface area contributed by atoms with Gasteiger partial charge in [0.15, 0.2) is 0 Å². The van der Waals surface area contributed by atoms with E-state index < -0.39 is 5.91 Å². The molecule has 6 heteroatoms. The summed E-state index contributed by atoms with van der Waals surface area (Å²) in [4.78, 5) is 23.2. The number of nitrogens with one attached hydrogen (secondary N) is 2. The van der Waals surface area contributed by atoms with Gasteiger partial charge in [0.25, 0.3) is 5.91 Å². The van der Waals surface area contributed by atoms with Gasteiger partial charge in [-0.3, -0.25) is 14.8 Å². The molecular formula is C22H26N2O4. The maximum absolute atomic E-state index is 11.9. The number of amides is 2. The summed E-state index contributed by atoms with van der Waals surface area (Å²) >= 11 is 0. The van der Waals surface area contributed by atoms with Crippen molar-refractivity contribution in [2.75, 3.05) is 6.61 Å². The molecule has 0 aliphatic rings. The molecule has 3 N–H and O–H groups in total. The Labute approximate surface area is 165 Å². The molecular weight excluding hydrogens is 356 g/mol. The summed E-state index contributed by atoms with van der Waals surface area (Å²) in [6.07, 6.45) is 6.00. The Morgan fingerprint density at radius 2 is 1.79 bits per heavy atom. The minimum absolute atomic E-state index is 0.0872. The summed E-state index contributed by atoms with van der Waals surface area (Å²) in [5.74, 6) is 0.0164. The molecule has 2 rings (SSSR count). The Hall–Kier alpha value is -3.12. The molecule has 148 valence electrons. The summed E-state index contributed by atoms with van der Waals surface area (Å²) in [6, 6.07) is 16.3. The van der Waals surface area contributed by atoms with Crippen LogP contribution in [0.1, 0.15) is 42.1 Å². The van der Waals surface area contributed by atoms with E-state index in [4.69, 9.17) is 9.94 Å². The van der Waals surface area contributed by atoms with E-state index in [9.17, 15) is 9.59 Å². The third kappa shape index (κ3) is 7.63. The Bertz CT molecular complexity index is 773. The molecule has 0 aliphatic heterocycles. The fourth-order valence-electron chi connectivity index (χ4n) is 2.61. The van der Waals surface area contributed by atoms with Crippen molar-refractivity contribution < 1.29 is 19.5 Å². The van der Waals surface area contributed by atoms with Gasteiger partial charge >= 0.3 is 0 Å². The minimum Gasteiger partial charge on any atom is -0.494 e. The van der Waals surface area contributed by atoms with Crippen LogP contribution in [0.15, 0.2) is 60.7 Å². The third-order valence-electron chi connectivity index (χ3n) is 4.13. The first-order valence-corrected chi connectivity index (χ1v) is 9.29. The van der Waals surface area contributed by atoms with Crippen LogP contribution in [0.2, 0.25) is 0 Å². The number of hydrogen-bond acceptors (Lipinski definition) is 4. The fourth-order valence-corrected chi connectivity index (χ4v) is 2.61. The Morgan fingerprint density at radius 3 is 2.46 bits per heavy atom. The van der Waals surface area contributed by atoms with Gasteiger partial charge in [0, 0.05) is 17.7 Å². The monoisotopic (exact) mass is 382 g/mol. The summed E-state index contributed by atoms with van der Waals surface area (Å²) in [5.41, 5.74) is 2.94. The zero-order chi connectivity index (χ0) is 20.2. The third-order valence-corrected chi connectivity index (χ3v) is 4.13. The number of carbonyl (C=O) groups excluding carboxylic acids is 2. The minimum atomic E-state index is -0.554. The maximum atomic E-state index is 11.9. The van der Waals surface area contributed by atoms with Gasteiger partial charge in [-0.25, -0.2) is 5.48 Å². The highest BCUT2D eigenvalue weighted by Gasteiger charge is 2.05. The molecule has 0 saturated heterocycles. The van der Waals surface area contributed by atoms with Crippen LogP contribution in [0.5, 0.6) is 5.75 Å². The second kappa shape index (κ2) is 11.6. The Kier molecular flexibility index (Phi) is 8.75. The predicted molar refractivity (Wildman–Crippen MR) is 108 cm³/mol. The largest absolute Gasteiger partial charge is 0.494 e. The van der Waals surface area contributed by atoms with Crippen LogP contribution in [-0.4, -0.2) is 29.7 Å². The Balaban J connectivity index is 1.60. The van der Waals surface area contributed by atoms with Gasteiger partial charge in [-0.1, -0.05) is 30.3 Å². The first-order chi connectivity index (χ1) is 13.6. The first kappa shape index (κ1) is 21.2. The molecule has 0 radical (unpaired) electrons. The number of hydroxylamine groups is 1. The average molecular weight is 382 g/mol. The van der Waals surface area contributed by atoms with Gasteiger partial charge in [0.05, 0.1) is 6.61 Å². The normalized spacial score (nSPS) is 11.8. The lowest BCUT2D eigenvalue weighted by molar-refractivity contribution is -0.117. The van der Waals surface area contributed by atoms with E-state index in [1.165, 1.54) is 0 Å². The number of rotatable bonds is 10. The smallest absolute Gasteiger partial charge is 0.274 e. The molecule has 0 bridgehead atoms. The van der Waals surface area contributed by atoms with E-state index in [1.54, 1.807) is 41.9 Å². The number of unbranched alkanes of at least 4 members (excludes halogenated alkanes) is 1. The van der Waals surface area contributed by atoms with Crippen molar-refractivity contribution >= 4 is 17.9 Å². The van der Waals surface area contributed by atoms with Crippen molar-refractivity contribution in [3.63, 3.8) is 0 Å². The van der Waals surface area contributed by atoms with Gasteiger partial charge in [0.2, 0.25) is 5.91 Å². The van der Waals surface area contributed by atoms with Gasteiger partial charge in [-0.15, -0.1) is 0 Å². The molecule has 28 heavy (non-hydrogen) atoms. The molecule has 0 spiro atoms. The standard InChI is InChI=1S/C22H26N2O4/c1-17(23-21(25)15-10-18-8-3-2-4-9-18)7-5-6-16-28-20-13-11-19(12-14-20)22(26)24-27/h2-4,8-15,17,27H,5-7,16H2,1H3,(H,23,25)(H,24,26)/b15-10+/t17-/m1/s1. The summed E-state index contributed by atoms with van der Waals surface area (Å²) < 4.78 is 5.63. The first-order valence-electron chi connectivity index (χ1n) is 9.29. The summed E-state index contributed by atoms with van der Waals surface area (Å²) in [5, 5.41) is 11.5. The summed E-state index contributed by atoms with van der Waals surface area (Å²) in [6.45, 7) is 2.54. The number of ether oxygens (including phenoxy) is 1. The van der Waals surface area contributed by atoms with Crippen LogP contribution >= 0.6 is 0 Å². The second-order valence-corrected chi connectivity index (χ2v) is 6.46. The zero-order valence-corrected chi connectivity index (χ0v) is 15.9. The van der Waals surface area contributed by atoms with E-state index in [-0.39, 0.29) is 11.9 Å². The van der Waals surface area contributed by atoms with E-state index in [2.05, 4.69) is 5.32 Å². The molecule has 2 aromatic rings. The number of carbonyl (C=O) groups is 2. The predicted octanol–water partition coefficient (Wildman–Crippen LogP) is 3.57. The molecule has 2 amide bonds. The van der Waals surface area contributed by atoms with E-state index in [0.29, 0.717) is 17.9 Å². The second-order valence-electron chi connectivity index (χ2n) is 6.46. The average Bonchev–Trinajstić information content (AvgIpc) is 2.72. The lowest BCUT2D eigenvalue weighted by atomic mass is 10.1. The van der Waals surface area contributed by atoms with Gasteiger partial charge in [-0.05, 0) is 62.1 Å². The van der Waals surface area contributed by atoms with Crippen molar-refractivity contribution in [3.05, 3.63) is 71.8 Å².